The van der Waals surface area contributed by atoms with Crippen molar-refractivity contribution in [2.75, 3.05) is 0 Å². The van der Waals surface area contributed by atoms with Gasteiger partial charge in [-0.2, -0.15) is 0 Å². The van der Waals surface area contributed by atoms with Crippen molar-refractivity contribution in [3.63, 3.8) is 0 Å². The van der Waals surface area contributed by atoms with E-state index in [0.29, 0.717) is 12.8 Å². The fourth-order valence-corrected chi connectivity index (χ4v) is 3.06. The third kappa shape index (κ3) is 4.36. The van der Waals surface area contributed by atoms with Gasteiger partial charge < -0.3 is 0 Å². The average molecular weight is 380 g/mol. The van der Waals surface area contributed by atoms with Crippen LogP contribution in [-0.4, -0.2) is 12.0 Å². The van der Waals surface area contributed by atoms with Gasteiger partial charge in [0.15, 0.2) is 0 Å². The first kappa shape index (κ1) is 15.1. The summed E-state index contributed by atoms with van der Waals surface area (Å²) in [5, 5.41) is 0. The van der Waals surface area contributed by atoms with Crippen LogP contribution in [0.2, 0.25) is 0 Å². The molecule has 0 saturated heterocycles. The monoisotopic (exact) mass is 380 g/mol. The standard InChI is InChI=1S/C14H19F2IN2/c15-14(16)7-5-11(6-8-14)13(19-18)9-10-1-3-12(17)4-2-10/h1-4,11,13,19H,5-9,18H2. The Morgan fingerprint density at radius 3 is 2.37 bits per heavy atom. The largest absolute Gasteiger partial charge is 0.271 e. The normalized spacial score (nSPS) is 21.3. The highest BCUT2D eigenvalue weighted by Crippen LogP contribution is 2.37. The molecule has 0 spiro atoms. The second-order valence-electron chi connectivity index (χ2n) is 5.30. The van der Waals surface area contributed by atoms with Gasteiger partial charge in [0.2, 0.25) is 5.92 Å². The first-order chi connectivity index (χ1) is 9.00. The van der Waals surface area contributed by atoms with Crippen LogP contribution in [0.1, 0.15) is 31.2 Å². The van der Waals surface area contributed by atoms with Crippen molar-refractivity contribution in [1.29, 1.82) is 0 Å². The van der Waals surface area contributed by atoms with E-state index < -0.39 is 5.92 Å². The van der Waals surface area contributed by atoms with Gasteiger partial charge in [-0.05, 0) is 65.5 Å². The Hall–Kier alpha value is -0.270. The van der Waals surface area contributed by atoms with Crippen molar-refractivity contribution in [3.05, 3.63) is 33.4 Å². The van der Waals surface area contributed by atoms with E-state index in [1.54, 1.807) is 0 Å². The van der Waals surface area contributed by atoms with Gasteiger partial charge in [-0.1, -0.05) is 12.1 Å². The number of alkyl halides is 2. The molecule has 0 amide bonds. The maximum atomic E-state index is 13.2. The summed E-state index contributed by atoms with van der Waals surface area (Å²) in [5.41, 5.74) is 4.01. The van der Waals surface area contributed by atoms with Crippen LogP contribution < -0.4 is 11.3 Å². The highest BCUT2D eigenvalue weighted by molar-refractivity contribution is 14.1. The smallest absolute Gasteiger partial charge is 0.248 e. The number of benzene rings is 1. The lowest BCUT2D eigenvalue weighted by Gasteiger charge is -2.33. The van der Waals surface area contributed by atoms with Crippen molar-refractivity contribution >= 4 is 22.6 Å². The fraction of sp³-hybridized carbons (Fsp3) is 0.571. The minimum atomic E-state index is -2.47. The van der Waals surface area contributed by atoms with E-state index in [-0.39, 0.29) is 24.8 Å². The van der Waals surface area contributed by atoms with Gasteiger partial charge in [0, 0.05) is 22.5 Å². The predicted octanol–water partition coefficient (Wildman–Crippen LogP) is 3.49. The zero-order valence-electron chi connectivity index (χ0n) is 10.7. The molecule has 1 aliphatic rings. The van der Waals surface area contributed by atoms with E-state index in [9.17, 15) is 8.78 Å². The summed E-state index contributed by atoms with van der Waals surface area (Å²) in [5.74, 6) is 3.38. The lowest BCUT2D eigenvalue weighted by Crippen LogP contribution is -2.44. The van der Waals surface area contributed by atoms with Crippen LogP contribution in [-0.2, 0) is 6.42 Å². The van der Waals surface area contributed by atoms with Gasteiger partial charge in [-0.3, -0.25) is 11.3 Å². The topological polar surface area (TPSA) is 38.0 Å². The molecular formula is C14H19F2IN2. The van der Waals surface area contributed by atoms with Crippen LogP contribution in [0.25, 0.3) is 0 Å². The third-order valence-corrected chi connectivity index (χ3v) is 4.63. The summed E-state index contributed by atoms with van der Waals surface area (Å²) in [6.45, 7) is 0. The summed E-state index contributed by atoms with van der Waals surface area (Å²) >= 11 is 2.26. The zero-order valence-corrected chi connectivity index (χ0v) is 12.9. The SMILES string of the molecule is NNC(Cc1ccc(I)cc1)C1CCC(F)(F)CC1. The minimum absolute atomic E-state index is 0.0114. The zero-order chi connectivity index (χ0) is 13.9. The number of halogens is 3. The van der Waals surface area contributed by atoms with Gasteiger partial charge in [-0.25, -0.2) is 8.78 Å². The van der Waals surface area contributed by atoms with Crippen LogP contribution >= 0.6 is 22.6 Å². The summed E-state index contributed by atoms with van der Waals surface area (Å²) < 4.78 is 27.5. The highest BCUT2D eigenvalue weighted by Gasteiger charge is 2.37. The quantitative estimate of drug-likeness (QED) is 0.477. The Morgan fingerprint density at radius 2 is 1.84 bits per heavy atom. The third-order valence-electron chi connectivity index (χ3n) is 3.91. The molecule has 2 nitrogen and oxygen atoms in total. The van der Waals surface area contributed by atoms with Gasteiger partial charge in [0.05, 0.1) is 0 Å². The fourth-order valence-electron chi connectivity index (χ4n) is 2.70. The molecule has 2 rings (SSSR count). The summed E-state index contributed by atoms with van der Waals surface area (Å²) in [4.78, 5) is 0. The molecular weight excluding hydrogens is 361 g/mol. The molecule has 0 bridgehead atoms. The van der Waals surface area contributed by atoms with Crippen molar-refractivity contribution in [3.8, 4) is 0 Å². The molecule has 1 unspecified atom stereocenters. The lowest BCUT2D eigenvalue weighted by molar-refractivity contribution is -0.0495. The Kier molecular flexibility index (Phi) is 5.14. The molecule has 0 heterocycles. The average Bonchev–Trinajstić information content (AvgIpc) is 2.39. The summed E-state index contributed by atoms with van der Waals surface area (Å²) in [6, 6.07) is 8.33. The maximum Gasteiger partial charge on any atom is 0.248 e. The molecule has 0 radical (unpaired) electrons. The second-order valence-corrected chi connectivity index (χ2v) is 6.54. The van der Waals surface area contributed by atoms with Crippen LogP contribution in [0, 0.1) is 9.49 Å². The number of hydrogen-bond acceptors (Lipinski definition) is 2. The summed E-state index contributed by atoms with van der Waals surface area (Å²) in [6.07, 6.45) is 1.87. The molecule has 106 valence electrons. The molecule has 0 aromatic heterocycles. The molecule has 1 aromatic carbocycles. The first-order valence-electron chi connectivity index (χ1n) is 6.58. The number of hydrazine groups is 1. The second kappa shape index (κ2) is 6.45. The Morgan fingerprint density at radius 1 is 1.26 bits per heavy atom. The maximum absolute atomic E-state index is 13.2. The molecule has 1 saturated carbocycles. The highest BCUT2D eigenvalue weighted by atomic mass is 127. The van der Waals surface area contributed by atoms with Crippen molar-refractivity contribution < 1.29 is 8.78 Å². The van der Waals surface area contributed by atoms with E-state index in [4.69, 9.17) is 5.84 Å². The number of rotatable bonds is 4. The van der Waals surface area contributed by atoms with Crippen LogP contribution in [0.4, 0.5) is 8.78 Å². The Labute approximate surface area is 126 Å². The molecule has 1 atom stereocenters. The number of nitrogens with two attached hydrogens (primary N) is 1. The van der Waals surface area contributed by atoms with Gasteiger partial charge in [0.1, 0.15) is 0 Å². The molecule has 5 heteroatoms. The molecule has 3 N–H and O–H groups in total. The molecule has 0 aliphatic heterocycles. The molecule has 19 heavy (non-hydrogen) atoms. The van der Waals surface area contributed by atoms with E-state index in [2.05, 4.69) is 52.3 Å². The summed E-state index contributed by atoms with van der Waals surface area (Å²) in [7, 11) is 0. The van der Waals surface area contributed by atoms with E-state index >= 15 is 0 Å². The number of hydrogen-bond donors (Lipinski definition) is 2. The van der Waals surface area contributed by atoms with Crippen LogP contribution in [0.3, 0.4) is 0 Å². The van der Waals surface area contributed by atoms with Gasteiger partial charge in [0.25, 0.3) is 0 Å². The number of nitrogens with one attached hydrogen (secondary N) is 1. The molecule has 1 aromatic rings. The molecule has 1 fully saturated rings. The van der Waals surface area contributed by atoms with Crippen LogP contribution in [0.5, 0.6) is 0 Å². The van der Waals surface area contributed by atoms with E-state index in [1.165, 1.54) is 9.13 Å². The van der Waals surface area contributed by atoms with Gasteiger partial charge in [-0.15, -0.1) is 0 Å². The molecule has 1 aliphatic carbocycles. The first-order valence-corrected chi connectivity index (χ1v) is 7.66. The van der Waals surface area contributed by atoms with Crippen molar-refractivity contribution in [1.82, 2.24) is 5.43 Å². The van der Waals surface area contributed by atoms with Crippen molar-refractivity contribution in [2.45, 2.75) is 44.1 Å². The lowest BCUT2D eigenvalue weighted by atomic mass is 9.80. The van der Waals surface area contributed by atoms with Crippen molar-refractivity contribution in [2.24, 2.45) is 11.8 Å². The van der Waals surface area contributed by atoms with Gasteiger partial charge >= 0.3 is 0 Å². The predicted molar refractivity (Wildman–Crippen MR) is 80.9 cm³/mol. The Balaban J connectivity index is 1.95. The Bertz CT molecular complexity index is 398. The van der Waals surface area contributed by atoms with E-state index in [0.717, 1.165) is 6.42 Å². The minimum Gasteiger partial charge on any atom is -0.271 e. The van der Waals surface area contributed by atoms with Crippen LogP contribution in [0.15, 0.2) is 24.3 Å². The van der Waals surface area contributed by atoms with E-state index in [1.807, 2.05) is 0 Å².